The number of aliphatic hydroxyl groups is 2. The van der Waals surface area contributed by atoms with Gasteiger partial charge in [0, 0.05) is 26.4 Å². The fraction of sp³-hybridized carbons (Fsp3) is 0.893. The summed E-state index contributed by atoms with van der Waals surface area (Å²) < 4.78 is 30.3. The molecule has 3 aliphatic heterocycles. The maximum atomic E-state index is 13.3. The van der Waals surface area contributed by atoms with E-state index in [1.54, 1.807) is 7.11 Å². The largest absolute Gasteiger partial charge is 0.432 e. The van der Waals surface area contributed by atoms with Crippen LogP contribution in [0.4, 0.5) is 0 Å². The molecule has 0 aromatic carbocycles. The predicted molar refractivity (Wildman–Crippen MR) is 126 cm³/mol. The van der Waals surface area contributed by atoms with Gasteiger partial charge >= 0.3 is 5.97 Å². The molecule has 8 nitrogen and oxygen atoms in total. The first-order chi connectivity index (χ1) is 17.0. The Kier molecular flexibility index (Phi) is 4.90. The van der Waals surface area contributed by atoms with E-state index in [1.165, 1.54) is 5.57 Å². The number of carbonyl (C=O) groups is 1. The van der Waals surface area contributed by atoms with E-state index in [1.807, 2.05) is 13.8 Å². The van der Waals surface area contributed by atoms with Crippen LogP contribution in [0.2, 0.25) is 0 Å². The van der Waals surface area contributed by atoms with Crippen molar-refractivity contribution in [2.24, 2.45) is 22.7 Å². The number of aliphatic hydroxyl groups excluding tert-OH is 1. The molecule has 7 rings (SSSR count). The third-order valence-corrected chi connectivity index (χ3v) is 11.8. The molecule has 4 bridgehead atoms. The van der Waals surface area contributed by atoms with Gasteiger partial charge < -0.3 is 33.9 Å². The normalized spacial score (nSPS) is 59.1. The van der Waals surface area contributed by atoms with E-state index in [0.29, 0.717) is 12.8 Å². The second-order valence-electron chi connectivity index (χ2n) is 13.0. The molecule has 0 aromatic heterocycles. The number of hydrogen-bond acceptors (Lipinski definition) is 8. The summed E-state index contributed by atoms with van der Waals surface area (Å²) in [5.74, 6) is -0.979. The van der Waals surface area contributed by atoms with Gasteiger partial charge in [-0.2, -0.15) is 0 Å². The number of fused-ring (bicyclic) bond motifs is 3. The van der Waals surface area contributed by atoms with Crippen LogP contribution in [0.3, 0.4) is 0 Å². The molecule has 6 fully saturated rings. The molecule has 6 unspecified atom stereocenters. The molecule has 3 heterocycles. The van der Waals surface area contributed by atoms with Crippen molar-refractivity contribution in [2.75, 3.05) is 7.11 Å². The molecule has 200 valence electrons. The number of carbonyl (C=O) groups excluding carboxylic acids is 1. The van der Waals surface area contributed by atoms with E-state index in [0.717, 1.165) is 44.9 Å². The van der Waals surface area contributed by atoms with Gasteiger partial charge in [0.2, 0.25) is 5.79 Å². The SMILES string of the molecule is COC1CC(O[C@H]2CC[C@@]3(C)C(=CC[C@@]4(O)C3CCC35C(=O)O[C@]6(C)O[C@]34CC[C@@H]56)C2)OC(C)C1O. The zero-order chi connectivity index (χ0) is 25.3. The first kappa shape index (κ1) is 24.0. The Balaban J connectivity index is 1.15. The molecule has 7 aliphatic rings. The quantitative estimate of drug-likeness (QED) is 0.447. The topological polar surface area (TPSA) is 104 Å². The monoisotopic (exact) mass is 504 g/mol. The summed E-state index contributed by atoms with van der Waals surface area (Å²) in [4.78, 5) is 13.3. The molecule has 12 atom stereocenters. The minimum absolute atomic E-state index is 0.0251. The zero-order valence-electron chi connectivity index (χ0n) is 21.8. The molecule has 8 heteroatoms. The summed E-state index contributed by atoms with van der Waals surface area (Å²) in [6.45, 7) is 6.05. The maximum Gasteiger partial charge on any atom is 0.318 e. The molecular weight excluding hydrogens is 464 g/mol. The molecule has 0 amide bonds. The van der Waals surface area contributed by atoms with Crippen LogP contribution in [-0.2, 0) is 28.5 Å². The minimum atomic E-state index is -1.08. The lowest BCUT2D eigenvalue weighted by atomic mass is 9.44. The van der Waals surface area contributed by atoms with Gasteiger partial charge in [0.05, 0.1) is 18.3 Å². The summed E-state index contributed by atoms with van der Waals surface area (Å²) in [6.07, 6.45) is 7.29. The van der Waals surface area contributed by atoms with Gasteiger partial charge in [0.25, 0.3) is 0 Å². The Morgan fingerprint density at radius 2 is 1.89 bits per heavy atom. The minimum Gasteiger partial charge on any atom is -0.432 e. The number of methoxy groups -OCH3 is 1. The molecule has 3 saturated heterocycles. The highest BCUT2D eigenvalue weighted by atomic mass is 16.8. The van der Waals surface area contributed by atoms with Gasteiger partial charge in [0.15, 0.2) is 6.29 Å². The first-order valence-electron chi connectivity index (χ1n) is 13.9. The standard InChI is InChI=1S/C28H40O8/c1-15-22(29)18(32-4)14-21(33-15)34-17-6-9-24(2)16(13-17)5-11-27(31)19(24)7-10-26-20-8-12-28(26,27)36-25(20,3)35-23(26)30/h5,15,17-22,29,31H,6-14H2,1-4H3/t15?,17-,18?,19?,20+,21?,22?,24-,25+,26?,27+,28+/m0/s1. The van der Waals surface area contributed by atoms with Gasteiger partial charge in [-0.25, -0.2) is 0 Å². The molecular formula is C28H40O8. The smallest absolute Gasteiger partial charge is 0.318 e. The zero-order valence-corrected chi connectivity index (χ0v) is 21.8. The number of hydrogen-bond donors (Lipinski definition) is 2. The van der Waals surface area contributed by atoms with E-state index in [9.17, 15) is 15.0 Å². The summed E-state index contributed by atoms with van der Waals surface area (Å²) in [7, 11) is 1.61. The second kappa shape index (κ2) is 7.33. The van der Waals surface area contributed by atoms with E-state index < -0.39 is 34.8 Å². The highest BCUT2D eigenvalue weighted by Crippen LogP contribution is 2.79. The second-order valence-corrected chi connectivity index (χ2v) is 13.0. The Bertz CT molecular complexity index is 1010. The number of ether oxygens (including phenoxy) is 5. The van der Waals surface area contributed by atoms with E-state index in [4.69, 9.17) is 23.7 Å². The van der Waals surface area contributed by atoms with Crippen molar-refractivity contribution in [3.05, 3.63) is 11.6 Å². The van der Waals surface area contributed by atoms with Gasteiger partial charge in [-0.1, -0.05) is 18.6 Å². The van der Waals surface area contributed by atoms with Crippen LogP contribution in [0.25, 0.3) is 0 Å². The number of esters is 1. The molecule has 1 spiro atoms. The van der Waals surface area contributed by atoms with Crippen LogP contribution in [0.5, 0.6) is 0 Å². The van der Waals surface area contributed by atoms with Crippen LogP contribution < -0.4 is 0 Å². The van der Waals surface area contributed by atoms with Crippen LogP contribution in [-0.4, -0.2) is 71.0 Å². The summed E-state index contributed by atoms with van der Waals surface area (Å²) in [6, 6.07) is 0. The van der Waals surface area contributed by atoms with Crippen molar-refractivity contribution in [1.82, 2.24) is 0 Å². The molecule has 36 heavy (non-hydrogen) atoms. The van der Waals surface area contributed by atoms with Crippen LogP contribution in [0, 0.1) is 22.7 Å². The van der Waals surface area contributed by atoms with Crippen molar-refractivity contribution >= 4 is 5.97 Å². The van der Waals surface area contributed by atoms with Crippen LogP contribution in [0.15, 0.2) is 11.6 Å². The first-order valence-corrected chi connectivity index (χ1v) is 13.9. The van der Waals surface area contributed by atoms with Crippen molar-refractivity contribution in [2.45, 2.75) is 126 Å². The summed E-state index contributed by atoms with van der Waals surface area (Å²) in [5, 5.41) is 22.8. The fourth-order valence-corrected chi connectivity index (χ4v) is 10.1. The lowest BCUT2D eigenvalue weighted by Gasteiger charge is -2.65. The third kappa shape index (κ3) is 2.59. The van der Waals surface area contributed by atoms with Crippen molar-refractivity contribution in [3.63, 3.8) is 0 Å². The maximum absolute atomic E-state index is 13.3. The molecule has 3 saturated carbocycles. The summed E-state index contributed by atoms with van der Waals surface area (Å²) in [5.41, 5.74) is -1.44. The van der Waals surface area contributed by atoms with Crippen molar-refractivity contribution in [3.8, 4) is 0 Å². The van der Waals surface area contributed by atoms with Gasteiger partial charge in [-0.05, 0) is 69.6 Å². The molecule has 0 radical (unpaired) electrons. The lowest BCUT2D eigenvalue weighted by Crippen LogP contribution is -2.73. The Morgan fingerprint density at radius 1 is 1.11 bits per heavy atom. The average Bonchev–Trinajstić information content (AvgIpc) is 3.37. The van der Waals surface area contributed by atoms with Crippen molar-refractivity contribution in [1.29, 1.82) is 0 Å². The van der Waals surface area contributed by atoms with Crippen LogP contribution in [0.1, 0.15) is 78.6 Å². The van der Waals surface area contributed by atoms with Gasteiger partial charge in [-0.15, -0.1) is 0 Å². The Hall–Kier alpha value is -1.03. The predicted octanol–water partition coefficient (Wildman–Crippen LogP) is 2.98. The molecule has 0 aromatic rings. The molecule has 4 aliphatic carbocycles. The summed E-state index contributed by atoms with van der Waals surface area (Å²) >= 11 is 0. The highest BCUT2D eigenvalue weighted by molar-refractivity contribution is 5.85. The Labute approximate surface area is 212 Å². The lowest BCUT2D eigenvalue weighted by molar-refractivity contribution is -0.344. The Morgan fingerprint density at radius 3 is 2.67 bits per heavy atom. The van der Waals surface area contributed by atoms with E-state index >= 15 is 0 Å². The van der Waals surface area contributed by atoms with E-state index in [-0.39, 0.29) is 41.5 Å². The van der Waals surface area contributed by atoms with Crippen molar-refractivity contribution < 1.29 is 38.7 Å². The van der Waals surface area contributed by atoms with Crippen LogP contribution >= 0.6 is 0 Å². The molecule has 2 N–H and O–H groups in total. The highest BCUT2D eigenvalue weighted by Gasteiger charge is 2.89. The van der Waals surface area contributed by atoms with Gasteiger partial charge in [0.1, 0.15) is 22.7 Å². The number of rotatable bonds is 3. The van der Waals surface area contributed by atoms with E-state index in [2.05, 4.69) is 13.0 Å². The average molecular weight is 505 g/mol. The fourth-order valence-electron chi connectivity index (χ4n) is 10.1. The van der Waals surface area contributed by atoms with Gasteiger partial charge in [-0.3, -0.25) is 4.79 Å². The third-order valence-electron chi connectivity index (χ3n) is 11.8.